The fourth-order valence-corrected chi connectivity index (χ4v) is 2.41. The molecule has 2 rings (SSSR count). The van der Waals surface area contributed by atoms with E-state index in [0.717, 1.165) is 25.2 Å². The van der Waals surface area contributed by atoms with Crippen LogP contribution in [0.15, 0.2) is 24.3 Å². The van der Waals surface area contributed by atoms with E-state index in [-0.39, 0.29) is 17.6 Å². The Morgan fingerprint density at radius 3 is 2.63 bits per heavy atom. The number of halogens is 1. The molecule has 0 radical (unpaired) electrons. The molecule has 0 bridgehead atoms. The van der Waals surface area contributed by atoms with Crippen LogP contribution in [0.4, 0.5) is 4.39 Å². The van der Waals surface area contributed by atoms with Gasteiger partial charge in [0.1, 0.15) is 5.82 Å². The lowest BCUT2D eigenvalue weighted by molar-refractivity contribution is -0.122. The first kappa shape index (κ1) is 14.0. The summed E-state index contributed by atoms with van der Waals surface area (Å²) >= 11 is 0. The molecule has 0 spiro atoms. The van der Waals surface area contributed by atoms with Crippen LogP contribution in [0.5, 0.6) is 0 Å². The lowest BCUT2D eigenvalue weighted by Gasteiger charge is -2.22. The number of carbonyl (C=O) groups excluding carboxylic acids is 1. The summed E-state index contributed by atoms with van der Waals surface area (Å²) in [4.78, 5) is 15.7. The summed E-state index contributed by atoms with van der Waals surface area (Å²) < 4.78 is 12.9. The predicted octanol–water partition coefficient (Wildman–Crippen LogP) is 0.675. The fourth-order valence-electron chi connectivity index (χ4n) is 2.41. The smallest absolute Gasteiger partial charge is 0.223 e. The van der Waals surface area contributed by atoms with Crippen LogP contribution < -0.4 is 5.73 Å². The van der Waals surface area contributed by atoms with Crippen molar-refractivity contribution in [2.45, 2.75) is 6.54 Å². The van der Waals surface area contributed by atoms with E-state index in [4.69, 9.17) is 5.73 Å². The van der Waals surface area contributed by atoms with E-state index in [9.17, 15) is 9.18 Å². The summed E-state index contributed by atoms with van der Waals surface area (Å²) in [5.74, 6) is -0.625. The average Bonchev–Trinajstić information content (AvgIpc) is 2.55. The van der Waals surface area contributed by atoms with Crippen LogP contribution in [0, 0.1) is 11.7 Å². The molecule has 1 aliphatic heterocycles. The van der Waals surface area contributed by atoms with Crippen LogP contribution in [-0.2, 0) is 11.3 Å². The van der Waals surface area contributed by atoms with Crippen molar-refractivity contribution in [1.82, 2.24) is 9.80 Å². The van der Waals surface area contributed by atoms with Crippen LogP contribution in [0.1, 0.15) is 5.56 Å². The minimum absolute atomic E-state index is 0.145. The molecule has 104 valence electrons. The highest BCUT2D eigenvalue weighted by Crippen LogP contribution is 2.12. The SMILES string of the molecule is CN1CCN(Cc2ccc(F)cc2)CC(C(N)=O)C1. The molecule has 0 saturated carbocycles. The Morgan fingerprint density at radius 2 is 2.00 bits per heavy atom. The molecular weight excluding hydrogens is 245 g/mol. The second kappa shape index (κ2) is 6.12. The van der Waals surface area contributed by atoms with Crippen molar-refractivity contribution in [3.8, 4) is 0 Å². The maximum absolute atomic E-state index is 12.9. The molecular formula is C14H20FN3O. The summed E-state index contributed by atoms with van der Waals surface area (Å²) in [6, 6.07) is 6.49. The first-order valence-electron chi connectivity index (χ1n) is 6.49. The summed E-state index contributed by atoms with van der Waals surface area (Å²) in [6.45, 7) is 3.88. The lowest BCUT2D eigenvalue weighted by atomic mass is 10.1. The zero-order valence-corrected chi connectivity index (χ0v) is 11.2. The van der Waals surface area contributed by atoms with Gasteiger partial charge < -0.3 is 10.6 Å². The van der Waals surface area contributed by atoms with Gasteiger partial charge in [0.05, 0.1) is 5.92 Å². The van der Waals surface area contributed by atoms with Gasteiger partial charge in [0.15, 0.2) is 0 Å². The molecule has 1 aromatic rings. The molecule has 0 aliphatic carbocycles. The number of primary amides is 1. The number of amides is 1. The number of hydrogen-bond donors (Lipinski definition) is 1. The molecule has 5 heteroatoms. The highest BCUT2D eigenvalue weighted by molar-refractivity contribution is 5.77. The topological polar surface area (TPSA) is 49.6 Å². The molecule has 1 aromatic carbocycles. The molecule has 1 fully saturated rings. The van der Waals surface area contributed by atoms with Gasteiger partial charge in [0.2, 0.25) is 5.91 Å². The van der Waals surface area contributed by atoms with Gasteiger partial charge in [-0.15, -0.1) is 0 Å². The molecule has 4 nitrogen and oxygen atoms in total. The van der Waals surface area contributed by atoms with Crippen molar-refractivity contribution in [2.24, 2.45) is 11.7 Å². The third-order valence-electron chi connectivity index (χ3n) is 3.53. The normalized spacial score (nSPS) is 22.1. The summed E-state index contributed by atoms with van der Waals surface area (Å²) in [5, 5.41) is 0. The van der Waals surface area contributed by atoms with Crippen molar-refractivity contribution in [3.63, 3.8) is 0 Å². The van der Waals surface area contributed by atoms with Crippen LogP contribution in [0.3, 0.4) is 0 Å². The molecule has 1 saturated heterocycles. The molecule has 1 amide bonds. The monoisotopic (exact) mass is 265 g/mol. The van der Waals surface area contributed by atoms with Crippen LogP contribution >= 0.6 is 0 Å². The summed E-state index contributed by atoms with van der Waals surface area (Å²) in [6.07, 6.45) is 0. The second-order valence-electron chi connectivity index (χ2n) is 5.22. The number of hydrogen-bond acceptors (Lipinski definition) is 3. The van der Waals surface area contributed by atoms with E-state index < -0.39 is 0 Å². The van der Waals surface area contributed by atoms with Gasteiger partial charge in [-0.1, -0.05) is 12.1 Å². The highest BCUT2D eigenvalue weighted by Gasteiger charge is 2.24. The minimum Gasteiger partial charge on any atom is -0.369 e. The number of likely N-dealkylation sites (N-methyl/N-ethyl adjacent to an activating group) is 1. The minimum atomic E-state index is -0.252. The van der Waals surface area contributed by atoms with Gasteiger partial charge in [-0.25, -0.2) is 4.39 Å². The van der Waals surface area contributed by atoms with Gasteiger partial charge in [0, 0.05) is 32.7 Å². The van der Waals surface area contributed by atoms with E-state index in [1.165, 1.54) is 12.1 Å². The van der Waals surface area contributed by atoms with E-state index in [0.29, 0.717) is 13.1 Å². The number of nitrogens with zero attached hydrogens (tertiary/aromatic N) is 2. The van der Waals surface area contributed by atoms with Crippen LogP contribution in [0.25, 0.3) is 0 Å². The van der Waals surface area contributed by atoms with Crippen molar-refractivity contribution in [3.05, 3.63) is 35.6 Å². The summed E-state index contributed by atoms with van der Waals surface area (Å²) in [7, 11) is 2.00. The Bertz CT molecular complexity index is 435. The Labute approximate surface area is 113 Å². The molecule has 2 N–H and O–H groups in total. The first-order valence-corrected chi connectivity index (χ1v) is 6.49. The molecule has 1 atom stereocenters. The number of nitrogens with two attached hydrogens (primary N) is 1. The molecule has 19 heavy (non-hydrogen) atoms. The van der Waals surface area contributed by atoms with Gasteiger partial charge in [-0.3, -0.25) is 9.69 Å². The Kier molecular flexibility index (Phi) is 4.50. The molecule has 0 aromatic heterocycles. The Hall–Kier alpha value is -1.46. The number of rotatable bonds is 3. The van der Waals surface area contributed by atoms with E-state index in [2.05, 4.69) is 9.80 Å². The molecule has 1 heterocycles. The third-order valence-corrected chi connectivity index (χ3v) is 3.53. The largest absolute Gasteiger partial charge is 0.369 e. The van der Waals surface area contributed by atoms with E-state index in [1.807, 2.05) is 7.05 Å². The van der Waals surface area contributed by atoms with Crippen molar-refractivity contribution >= 4 is 5.91 Å². The van der Waals surface area contributed by atoms with Gasteiger partial charge >= 0.3 is 0 Å². The standard InChI is InChI=1S/C14H20FN3O/c1-17-6-7-18(10-12(9-17)14(16)19)8-11-2-4-13(15)5-3-11/h2-5,12H,6-10H2,1H3,(H2,16,19). The van der Waals surface area contributed by atoms with Gasteiger partial charge in [-0.2, -0.15) is 0 Å². The third kappa shape index (κ3) is 4.01. The van der Waals surface area contributed by atoms with Crippen molar-refractivity contribution < 1.29 is 9.18 Å². The van der Waals surface area contributed by atoms with Gasteiger partial charge in [-0.05, 0) is 24.7 Å². The zero-order chi connectivity index (χ0) is 13.8. The quantitative estimate of drug-likeness (QED) is 0.874. The maximum Gasteiger partial charge on any atom is 0.223 e. The van der Waals surface area contributed by atoms with E-state index >= 15 is 0 Å². The summed E-state index contributed by atoms with van der Waals surface area (Å²) in [5.41, 5.74) is 6.48. The average molecular weight is 265 g/mol. The fraction of sp³-hybridized carbons (Fsp3) is 0.500. The van der Waals surface area contributed by atoms with E-state index in [1.54, 1.807) is 12.1 Å². The molecule has 1 unspecified atom stereocenters. The van der Waals surface area contributed by atoms with Gasteiger partial charge in [0.25, 0.3) is 0 Å². The Balaban J connectivity index is 2.02. The van der Waals surface area contributed by atoms with Crippen molar-refractivity contribution in [2.75, 3.05) is 33.2 Å². The van der Waals surface area contributed by atoms with Crippen LogP contribution in [0.2, 0.25) is 0 Å². The lowest BCUT2D eigenvalue weighted by Crippen LogP contribution is -2.37. The first-order chi connectivity index (χ1) is 9.04. The number of carbonyl (C=O) groups is 1. The maximum atomic E-state index is 12.9. The van der Waals surface area contributed by atoms with Crippen molar-refractivity contribution in [1.29, 1.82) is 0 Å². The van der Waals surface area contributed by atoms with Crippen LogP contribution in [-0.4, -0.2) is 48.9 Å². The predicted molar refractivity (Wildman–Crippen MR) is 71.9 cm³/mol. The number of benzene rings is 1. The second-order valence-corrected chi connectivity index (χ2v) is 5.22. The highest BCUT2D eigenvalue weighted by atomic mass is 19.1. The Morgan fingerprint density at radius 1 is 1.32 bits per heavy atom. The molecule has 1 aliphatic rings. The zero-order valence-electron chi connectivity index (χ0n) is 11.2.